The number of nitrogens with one attached hydrogen (secondary N) is 1. The van der Waals surface area contributed by atoms with E-state index < -0.39 is 34.9 Å². The maximum atomic E-state index is 12.0. The molecule has 1 aromatic rings. The Balaban J connectivity index is 2.73. The molecule has 124 valence electrons. The minimum Gasteiger partial charge on any atom is -0.481 e. The lowest BCUT2D eigenvalue weighted by Crippen LogP contribution is -2.39. The molecule has 2 amide bonds. The number of nitrogens with zero attached hydrogens (tertiary/aromatic N) is 2. The standard InChI is InChI=1S/C13H14ClN3O6/c1-16(6-5-11(19)20)10(18)7-15-13(21)12-8(14)3-2-4-9(12)17(22)23/h2-4H,5-7H2,1H3,(H,15,21)(H,19,20). The maximum absolute atomic E-state index is 12.0. The number of carbonyl (C=O) groups excluding carboxylic acids is 2. The number of carboxylic acids is 1. The van der Waals surface area contributed by atoms with E-state index in [9.17, 15) is 24.5 Å². The van der Waals surface area contributed by atoms with Crippen LogP contribution in [0.3, 0.4) is 0 Å². The van der Waals surface area contributed by atoms with Crippen molar-refractivity contribution >= 4 is 35.1 Å². The van der Waals surface area contributed by atoms with Gasteiger partial charge in [0.1, 0.15) is 5.56 Å². The highest BCUT2D eigenvalue weighted by Crippen LogP contribution is 2.25. The van der Waals surface area contributed by atoms with Crippen LogP contribution in [0.15, 0.2) is 18.2 Å². The Hall–Kier alpha value is -2.68. The minimum absolute atomic E-state index is 0.0176. The van der Waals surface area contributed by atoms with Gasteiger partial charge in [-0.05, 0) is 6.07 Å². The molecular weight excluding hydrogens is 330 g/mol. The number of hydrogen-bond donors (Lipinski definition) is 2. The van der Waals surface area contributed by atoms with E-state index in [2.05, 4.69) is 5.32 Å². The van der Waals surface area contributed by atoms with Gasteiger partial charge in [-0.15, -0.1) is 0 Å². The normalized spacial score (nSPS) is 10.0. The molecule has 0 aliphatic carbocycles. The molecule has 0 radical (unpaired) electrons. The maximum Gasteiger partial charge on any atom is 0.305 e. The molecule has 0 bridgehead atoms. The molecule has 0 aliphatic heterocycles. The van der Waals surface area contributed by atoms with Gasteiger partial charge in [-0.2, -0.15) is 0 Å². The van der Waals surface area contributed by atoms with Crippen LogP contribution in [0, 0.1) is 10.1 Å². The molecular formula is C13H14ClN3O6. The fraction of sp³-hybridized carbons (Fsp3) is 0.308. The van der Waals surface area contributed by atoms with Crippen LogP contribution in [0.2, 0.25) is 5.02 Å². The van der Waals surface area contributed by atoms with Gasteiger partial charge in [-0.3, -0.25) is 24.5 Å². The predicted molar refractivity (Wildman–Crippen MR) is 80.3 cm³/mol. The van der Waals surface area contributed by atoms with Crippen molar-refractivity contribution in [2.45, 2.75) is 6.42 Å². The van der Waals surface area contributed by atoms with Crippen LogP contribution >= 0.6 is 11.6 Å². The molecule has 0 saturated heterocycles. The van der Waals surface area contributed by atoms with Gasteiger partial charge in [-0.25, -0.2) is 0 Å². The van der Waals surface area contributed by atoms with Gasteiger partial charge < -0.3 is 15.3 Å². The number of halogens is 1. The zero-order valence-corrected chi connectivity index (χ0v) is 12.9. The van der Waals surface area contributed by atoms with Crippen molar-refractivity contribution in [1.29, 1.82) is 0 Å². The summed E-state index contributed by atoms with van der Waals surface area (Å²) in [6.45, 7) is -0.451. The van der Waals surface area contributed by atoms with Crippen molar-refractivity contribution in [2.75, 3.05) is 20.1 Å². The number of likely N-dealkylation sites (N-methyl/N-ethyl adjacent to an activating group) is 1. The molecule has 1 rings (SSSR count). The Labute approximate surface area is 136 Å². The second-order valence-electron chi connectivity index (χ2n) is 4.53. The number of hydrogen-bond acceptors (Lipinski definition) is 5. The summed E-state index contributed by atoms with van der Waals surface area (Å²) in [5.74, 6) is -2.45. The first-order valence-corrected chi connectivity index (χ1v) is 6.78. The van der Waals surface area contributed by atoms with E-state index in [1.54, 1.807) is 0 Å². The number of rotatable bonds is 7. The first kappa shape index (κ1) is 18.4. The van der Waals surface area contributed by atoms with Crippen LogP contribution in [-0.4, -0.2) is 52.9 Å². The molecule has 9 nitrogen and oxygen atoms in total. The van der Waals surface area contributed by atoms with Crippen LogP contribution in [0.1, 0.15) is 16.8 Å². The van der Waals surface area contributed by atoms with Crippen molar-refractivity contribution in [1.82, 2.24) is 10.2 Å². The van der Waals surface area contributed by atoms with E-state index in [1.165, 1.54) is 19.2 Å². The van der Waals surface area contributed by atoms with Gasteiger partial charge in [0, 0.05) is 19.7 Å². The minimum atomic E-state index is -1.06. The Bertz CT molecular complexity index is 649. The van der Waals surface area contributed by atoms with Crippen molar-refractivity contribution < 1.29 is 24.4 Å². The summed E-state index contributed by atoms with van der Waals surface area (Å²) >= 11 is 5.80. The lowest BCUT2D eigenvalue weighted by atomic mass is 10.1. The zero-order valence-electron chi connectivity index (χ0n) is 12.1. The van der Waals surface area contributed by atoms with Crippen LogP contribution in [0.25, 0.3) is 0 Å². The average molecular weight is 344 g/mol. The summed E-state index contributed by atoms with van der Waals surface area (Å²) in [7, 11) is 1.38. The van der Waals surface area contributed by atoms with Gasteiger partial charge >= 0.3 is 5.97 Å². The fourth-order valence-electron chi connectivity index (χ4n) is 1.66. The van der Waals surface area contributed by atoms with Crippen molar-refractivity contribution in [3.8, 4) is 0 Å². The van der Waals surface area contributed by atoms with Crippen LogP contribution in [-0.2, 0) is 9.59 Å². The third kappa shape index (κ3) is 5.22. The van der Waals surface area contributed by atoms with E-state index in [0.717, 1.165) is 11.0 Å². The third-order valence-electron chi connectivity index (χ3n) is 2.90. The molecule has 0 spiro atoms. The zero-order chi connectivity index (χ0) is 17.6. The number of carboxylic acid groups (broad SMARTS) is 1. The largest absolute Gasteiger partial charge is 0.481 e. The smallest absolute Gasteiger partial charge is 0.305 e. The summed E-state index contributed by atoms with van der Waals surface area (Å²) in [5.41, 5.74) is -0.804. The molecule has 23 heavy (non-hydrogen) atoms. The Morgan fingerprint density at radius 2 is 2.04 bits per heavy atom. The molecule has 1 aromatic carbocycles. The van der Waals surface area contributed by atoms with Crippen molar-refractivity contribution in [3.05, 3.63) is 38.9 Å². The second kappa shape index (κ2) is 8.08. The molecule has 2 N–H and O–H groups in total. The SMILES string of the molecule is CN(CCC(=O)O)C(=O)CNC(=O)c1c(Cl)cccc1[N+](=O)[O-]. The average Bonchev–Trinajstić information content (AvgIpc) is 2.49. The van der Waals surface area contributed by atoms with E-state index in [4.69, 9.17) is 16.7 Å². The number of carbonyl (C=O) groups is 3. The highest BCUT2D eigenvalue weighted by molar-refractivity contribution is 6.34. The van der Waals surface area contributed by atoms with Gasteiger partial charge in [0.05, 0.1) is 22.9 Å². The number of amides is 2. The second-order valence-corrected chi connectivity index (χ2v) is 4.94. The summed E-state index contributed by atoms with van der Waals surface area (Å²) in [5, 5.41) is 21.6. The van der Waals surface area contributed by atoms with E-state index in [-0.39, 0.29) is 23.6 Å². The number of aliphatic carboxylic acids is 1. The summed E-state index contributed by atoms with van der Waals surface area (Å²) in [6, 6.07) is 3.79. The highest BCUT2D eigenvalue weighted by Gasteiger charge is 2.24. The Morgan fingerprint density at radius 1 is 1.39 bits per heavy atom. The topological polar surface area (TPSA) is 130 Å². The van der Waals surface area contributed by atoms with Crippen LogP contribution in [0.5, 0.6) is 0 Å². The lowest BCUT2D eigenvalue weighted by molar-refractivity contribution is -0.385. The van der Waals surface area contributed by atoms with Crippen LogP contribution in [0.4, 0.5) is 5.69 Å². The molecule has 0 unspecified atom stereocenters. The number of nitro benzene ring substituents is 1. The molecule has 0 aromatic heterocycles. The van der Waals surface area contributed by atoms with Crippen molar-refractivity contribution in [2.24, 2.45) is 0 Å². The Morgan fingerprint density at radius 3 is 2.61 bits per heavy atom. The molecule has 0 saturated carbocycles. The molecule has 0 heterocycles. The van der Waals surface area contributed by atoms with Gasteiger partial charge in [0.15, 0.2) is 0 Å². The number of nitro groups is 1. The lowest BCUT2D eigenvalue weighted by Gasteiger charge is -2.16. The molecule has 0 fully saturated rings. The first-order valence-electron chi connectivity index (χ1n) is 6.41. The first-order chi connectivity index (χ1) is 10.7. The Kier molecular flexibility index (Phi) is 6.46. The molecule has 0 atom stereocenters. The van der Waals surface area contributed by atoms with E-state index in [0.29, 0.717) is 0 Å². The summed E-state index contributed by atoms with van der Waals surface area (Å²) in [4.78, 5) is 45.5. The number of benzene rings is 1. The fourth-order valence-corrected chi connectivity index (χ4v) is 1.91. The van der Waals surface area contributed by atoms with Gasteiger partial charge in [0.25, 0.3) is 11.6 Å². The van der Waals surface area contributed by atoms with Gasteiger partial charge in [0.2, 0.25) is 5.91 Å². The van der Waals surface area contributed by atoms with Crippen LogP contribution < -0.4 is 5.32 Å². The summed E-state index contributed by atoms with van der Waals surface area (Å²) < 4.78 is 0. The van der Waals surface area contributed by atoms with E-state index >= 15 is 0 Å². The molecule has 10 heteroatoms. The monoisotopic (exact) mass is 343 g/mol. The summed E-state index contributed by atoms with van der Waals surface area (Å²) in [6.07, 6.45) is -0.230. The quantitative estimate of drug-likeness (QED) is 0.559. The van der Waals surface area contributed by atoms with Gasteiger partial charge in [-0.1, -0.05) is 17.7 Å². The van der Waals surface area contributed by atoms with Crippen molar-refractivity contribution in [3.63, 3.8) is 0 Å². The highest BCUT2D eigenvalue weighted by atomic mass is 35.5. The third-order valence-corrected chi connectivity index (χ3v) is 3.22. The van der Waals surface area contributed by atoms with E-state index in [1.807, 2.05) is 0 Å². The predicted octanol–water partition coefficient (Wildman–Crippen LogP) is 0.911. The molecule has 0 aliphatic rings.